The lowest BCUT2D eigenvalue weighted by Gasteiger charge is -2.01. The molecule has 104 valence electrons. The van der Waals surface area contributed by atoms with Crippen LogP contribution in [0.5, 0.6) is 0 Å². The van der Waals surface area contributed by atoms with Crippen LogP contribution in [0.1, 0.15) is 10.4 Å². The van der Waals surface area contributed by atoms with Crippen molar-refractivity contribution in [1.82, 2.24) is 14.8 Å². The first-order valence-corrected chi connectivity index (χ1v) is 7.27. The molecule has 0 fully saturated rings. The number of halogens is 2. The molecule has 0 aliphatic rings. The van der Waals surface area contributed by atoms with Gasteiger partial charge in [0.25, 0.3) is 0 Å². The number of hydrogen-bond donors (Lipinski definition) is 0. The number of carbonyl (C=O) groups is 1. The van der Waals surface area contributed by atoms with Crippen LogP contribution in [0.4, 0.5) is 0 Å². The molecule has 1 aromatic carbocycles. The zero-order valence-electron chi connectivity index (χ0n) is 10.7. The number of aldehydes is 1. The van der Waals surface area contributed by atoms with Crippen LogP contribution in [0, 0.1) is 0 Å². The fourth-order valence-electron chi connectivity index (χ4n) is 1.91. The third kappa shape index (κ3) is 2.89. The fourth-order valence-corrected chi connectivity index (χ4v) is 2.29. The lowest BCUT2D eigenvalue weighted by Crippen LogP contribution is -1.94. The number of benzene rings is 1. The number of aromatic nitrogens is 3. The average molecular weight is 363 g/mol. The Morgan fingerprint density at radius 1 is 1.14 bits per heavy atom. The Bertz CT molecular complexity index is 782. The molecule has 0 bridgehead atoms. The van der Waals surface area contributed by atoms with Gasteiger partial charge in [-0.15, -0.1) is 0 Å². The monoisotopic (exact) mass is 361 g/mol. The van der Waals surface area contributed by atoms with E-state index in [-0.39, 0.29) is 0 Å². The SMILES string of the molecule is O=Cc1cn(-c2ccc(Br)cc2)nc1-c1ccc(Cl)cn1. The molecule has 21 heavy (non-hydrogen) atoms. The van der Waals surface area contributed by atoms with Crippen LogP contribution in [0.15, 0.2) is 53.3 Å². The van der Waals surface area contributed by atoms with Gasteiger partial charge in [0.05, 0.1) is 22.0 Å². The fraction of sp³-hybridized carbons (Fsp3) is 0. The maximum atomic E-state index is 11.3. The molecule has 0 saturated heterocycles. The Morgan fingerprint density at radius 3 is 2.52 bits per heavy atom. The Morgan fingerprint density at radius 2 is 1.90 bits per heavy atom. The van der Waals surface area contributed by atoms with E-state index in [2.05, 4.69) is 26.0 Å². The van der Waals surface area contributed by atoms with Crippen LogP contribution >= 0.6 is 27.5 Å². The van der Waals surface area contributed by atoms with Crippen molar-refractivity contribution < 1.29 is 4.79 Å². The van der Waals surface area contributed by atoms with Gasteiger partial charge in [-0.25, -0.2) is 4.68 Å². The number of carbonyl (C=O) groups excluding carboxylic acids is 1. The van der Waals surface area contributed by atoms with Gasteiger partial charge in [0.2, 0.25) is 0 Å². The van der Waals surface area contributed by atoms with Crippen molar-refractivity contribution in [2.75, 3.05) is 0 Å². The molecule has 2 aromatic heterocycles. The van der Waals surface area contributed by atoms with Gasteiger partial charge >= 0.3 is 0 Å². The first kappa shape index (κ1) is 14.0. The summed E-state index contributed by atoms with van der Waals surface area (Å²) in [7, 11) is 0. The molecule has 0 amide bonds. The highest BCUT2D eigenvalue weighted by atomic mass is 79.9. The van der Waals surface area contributed by atoms with E-state index in [4.69, 9.17) is 11.6 Å². The number of rotatable bonds is 3. The van der Waals surface area contributed by atoms with Gasteiger partial charge in [-0.2, -0.15) is 5.10 Å². The number of nitrogens with zero attached hydrogens (tertiary/aromatic N) is 3. The van der Waals surface area contributed by atoms with Crippen molar-refractivity contribution in [3.8, 4) is 17.1 Å². The summed E-state index contributed by atoms with van der Waals surface area (Å²) >= 11 is 9.21. The molecule has 0 radical (unpaired) electrons. The summed E-state index contributed by atoms with van der Waals surface area (Å²) in [5, 5.41) is 4.99. The van der Waals surface area contributed by atoms with Gasteiger partial charge in [0.15, 0.2) is 6.29 Å². The molecule has 2 heterocycles. The van der Waals surface area contributed by atoms with Crippen LogP contribution < -0.4 is 0 Å². The molecule has 0 N–H and O–H groups in total. The van der Waals surface area contributed by atoms with Gasteiger partial charge in [0.1, 0.15) is 5.69 Å². The van der Waals surface area contributed by atoms with Gasteiger partial charge in [0, 0.05) is 16.9 Å². The highest BCUT2D eigenvalue weighted by molar-refractivity contribution is 9.10. The Kier molecular flexibility index (Phi) is 3.86. The van der Waals surface area contributed by atoms with Crippen LogP contribution in [-0.2, 0) is 0 Å². The zero-order valence-corrected chi connectivity index (χ0v) is 13.0. The first-order valence-electron chi connectivity index (χ1n) is 6.10. The molecule has 0 atom stereocenters. The van der Waals surface area contributed by atoms with E-state index in [1.807, 2.05) is 24.3 Å². The highest BCUT2D eigenvalue weighted by Crippen LogP contribution is 2.22. The largest absolute Gasteiger partial charge is 0.298 e. The summed E-state index contributed by atoms with van der Waals surface area (Å²) in [5.41, 5.74) is 2.48. The van der Waals surface area contributed by atoms with Crippen LogP contribution in [-0.4, -0.2) is 21.1 Å². The second-order valence-electron chi connectivity index (χ2n) is 4.33. The van der Waals surface area contributed by atoms with E-state index in [1.54, 1.807) is 23.0 Å². The maximum absolute atomic E-state index is 11.3. The maximum Gasteiger partial charge on any atom is 0.153 e. The Labute approximate surface area is 134 Å². The topological polar surface area (TPSA) is 47.8 Å². The lowest BCUT2D eigenvalue weighted by atomic mass is 10.2. The van der Waals surface area contributed by atoms with E-state index in [1.165, 1.54) is 6.20 Å². The summed E-state index contributed by atoms with van der Waals surface area (Å²) in [4.78, 5) is 15.5. The van der Waals surface area contributed by atoms with Gasteiger partial charge in [-0.05, 0) is 36.4 Å². The lowest BCUT2D eigenvalue weighted by molar-refractivity contribution is 0.112. The minimum atomic E-state index is 0.479. The van der Waals surface area contributed by atoms with Crippen LogP contribution in [0.2, 0.25) is 5.02 Å². The predicted molar refractivity (Wildman–Crippen MR) is 84.9 cm³/mol. The van der Waals surface area contributed by atoms with E-state index < -0.39 is 0 Å². The second-order valence-corrected chi connectivity index (χ2v) is 5.69. The normalized spacial score (nSPS) is 10.6. The van der Waals surface area contributed by atoms with Gasteiger partial charge in [-0.1, -0.05) is 27.5 Å². The average Bonchev–Trinajstić information content (AvgIpc) is 2.93. The predicted octanol–water partition coefficient (Wildman–Crippen LogP) is 4.16. The van der Waals surface area contributed by atoms with Crippen molar-refractivity contribution in [1.29, 1.82) is 0 Å². The summed E-state index contributed by atoms with van der Waals surface area (Å²) in [5.74, 6) is 0. The quantitative estimate of drug-likeness (QED) is 0.657. The summed E-state index contributed by atoms with van der Waals surface area (Å²) < 4.78 is 2.63. The molecule has 0 aliphatic carbocycles. The van der Waals surface area contributed by atoms with Crippen molar-refractivity contribution in [3.05, 3.63) is 63.9 Å². The Hall–Kier alpha value is -1.98. The summed E-state index contributed by atoms with van der Waals surface area (Å²) in [6, 6.07) is 11.1. The molecule has 4 nitrogen and oxygen atoms in total. The third-order valence-electron chi connectivity index (χ3n) is 2.93. The molecule has 6 heteroatoms. The smallest absolute Gasteiger partial charge is 0.153 e. The minimum absolute atomic E-state index is 0.479. The standard InChI is InChI=1S/C15H9BrClN3O/c16-11-1-4-13(5-2-11)20-8-10(9-21)15(19-20)14-6-3-12(17)7-18-14/h1-9H. The van der Waals surface area contributed by atoms with Crippen LogP contribution in [0.25, 0.3) is 17.1 Å². The zero-order chi connectivity index (χ0) is 14.8. The van der Waals surface area contributed by atoms with Crippen molar-refractivity contribution in [2.45, 2.75) is 0 Å². The van der Waals surface area contributed by atoms with E-state index >= 15 is 0 Å². The molecule has 3 aromatic rings. The number of hydrogen-bond acceptors (Lipinski definition) is 3. The van der Waals surface area contributed by atoms with E-state index in [0.717, 1.165) is 16.4 Å². The number of pyridine rings is 1. The molecule has 0 saturated carbocycles. The third-order valence-corrected chi connectivity index (χ3v) is 3.68. The van der Waals surface area contributed by atoms with Crippen LogP contribution in [0.3, 0.4) is 0 Å². The molecule has 0 spiro atoms. The Balaban J connectivity index is 2.08. The summed E-state index contributed by atoms with van der Waals surface area (Å²) in [6.45, 7) is 0. The van der Waals surface area contributed by atoms with Gasteiger partial charge < -0.3 is 0 Å². The minimum Gasteiger partial charge on any atom is -0.298 e. The summed E-state index contributed by atoms with van der Waals surface area (Å²) in [6.07, 6.45) is 3.99. The second kappa shape index (κ2) is 5.79. The first-order chi connectivity index (χ1) is 10.2. The molecular weight excluding hydrogens is 354 g/mol. The van der Waals surface area contributed by atoms with E-state index in [9.17, 15) is 4.79 Å². The molecule has 3 rings (SSSR count). The van der Waals surface area contributed by atoms with Gasteiger partial charge in [-0.3, -0.25) is 9.78 Å². The van der Waals surface area contributed by atoms with Crippen molar-refractivity contribution in [3.63, 3.8) is 0 Å². The highest BCUT2D eigenvalue weighted by Gasteiger charge is 2.12. The van der Waals surface area contributed by atoms with E-state index in [0.29, 0.717) is 22.0 Å². The van der Waals surface area contributed by atoms with Crippen molar-refractivity contribution >= 4 is 33.8 Å². The van der Waals surface area contributed by atoms with Crippen molar-refractivity contribution in [2.24, 2.45) is 0 Å². The molecular formula is C15H9BrClN3O. The molecule has 0 unspecified atom stereocenters. The molecule has 0 aliphatic heterocycles.